The van der Waals surface area contributed by atoms with Crippen LogP contribution in [0.15, 0.2) is 71.8 Å². The summed E-state index contributed by atoms with van der Waals surface area (Å²) in [4.78, 5) is 17.0. The standard InChI is InChI=1S/C25H26FN3O5S/c1-33-21-5-2-6-22(14-21)34-24-12-7-18(15-27-24)16-28-25(30)19-4-3-13-29(17-19)35(31,32)23-10-8-20(26)9-11-23/h2,5-12,14-15,19H,3-4,13,16-17H2,1H3,(H,28,30). The molecule has 0 aliphatic carbocycles. The molecule has 0 spiro atoms. The lowest BCUT2D eigenvalue weighted by molar-refractivity contribution is -0.126. The van der Waals surface area contributed by atoms with E-state index in [0.717, 1.165) is 17.7 Å². The minimum Gasteiger partial charge on any atom is -0.497 e. The first kappa shape index (κ1) is 24.6. The van der Waals surface area contributed by atoms with E-state index in [1.54, 1.807) is 37.6 Å². The maximum Gasteiger partial charge on any atom is 0.243 e. The van der Waals surface area contributed by atoms with Crippen LogP contribution in [0.1, 0.15) is 18.4 Å². The third-order valence-electron chi connectivity index (χ3n) is 5.73. The number of ether oxygens (including phenoxy) is 2. The molecule has 0 saturated carbocycles. The van der Waals surface area contributed by atoms with E-state index in [0.29, 0.717) is 36.8 Å². The Bertz CT molecular complexity index is 1270. The van der Waals surface area contributed by atoms with Crippen LogP contribution in [0, 0.1) is 11.7 Å². The first-order valence-electron chi connectivity index (χ1n) is 11.2. The zero-order valence-corrected chi connectivity index (χ0v) is 20.0. The van der Waals surface area contributed by atoms with Gasteiger partial charge in [-0.25, -0.2) is 17.8 Å². The van der Waals surface area contributed by atoms with Crippen LogP contribution in [0.25, 0.3) is 0 Å². The predicted molar refractivity (Wildman–Crippen MR) is 127 cm³/mol. The number of benzene rings is 2. The first-order valence-corrected chi connectivity index (χ1v) is 12.6. The summed E-state index contributed by atoms with van der Waals surface area (Å²) in [7, 11) is -2.21. The summed E-state index contributed by atoms with van der Waals surface area (Å²) in [6.07, 6.45) is 2.77. The monoisotopic (exact) mass is 499 g/mol. The SMILES string of the molecule is COc1cccc(Oc2ccc(CNC(=O)C3CCCN(S(=O)(=O)c4ccc(F)cc4)C3)cn2)c1. The number of amides is 1. The number of sulfonamides is 1. The van der Waals surface area contributed by atoms with E-state index < -0.39 is 21.8 Å². The third kappa shape index (κ3) is 6.14. The van der Waals surface area contributed by atoms with Gasteiger partial charge in [0.25, 0.3) is 0 Å². The Morgan fingerprint density at radius 2 is 1.91 bits per heavy atom. The lowest BCUT2D eigenvalue weighted by atomic mass is 9.99. The lowest BCUT2D eigenvalue weighted by Gasteiger charge is -2.31. The average Bonchev–Trinajstić information content (AvgIpc) is 2.88. The van der Waals surface area contributed by atoms with E-state index in [4.69, 9.17) is 9.47 Å². The van der Waals surface area contributed by atoms with Crippen molar-refractivity contribution < 1.29 is 27.1 Å². The minimum absolute atomic E-state index is 0.0160. The number of pyridine rings is 1. The molecule has 1 saturated heterocycles. The molecule has 1 aromatic heterocycles. The number of carbonyl (C=O) groups excluding carboxylic acids is 1. The normalized spacial score (nSPS) is 16.5. The molecule has 1 fully saturated rings. The van der Waals surface area contributed by atoms with Gasteiger partial charge in [0.2, 0.25) is 21.8 Å². The summed E-state index contributed by atoms with van der Waals surface area (Å²) in [5, 5.41) is 2.86. The van der Waals surface area contributed by atoms with Crippen molar-refractivity contribution in [2.45, 2.75) is 24.3 Å². The number of nitrogens with one attached hydrogen (secondary N) is 1. The van der Waals surface area contributed by atoms with Crippen molar-refractivity contribution in [3.63, 3.8) is 0 Å². The molecule has 10 heteroatoms. The Balaban J connectivity index is 1.32. The summed E-state index contributed by atoms with van der Waals surface area (Å²) in [6, 6.07) is 15.4. The van der Waals surface area contributed by atoms with Gasteiger partial charge in [-0.15, -0.1) is 0 Å². The molecule has 8 nitrogen and oxygen atoms in total. The number of methoxy groups -OCH3 is 1. The molecular weight excluding hydrogens is 473 g/mol. The summed E-state index contributed by atoms with van der Waals surface area (Å²) >= 11 is 0. The maximum atomic E-state index is 13.2. The molecule has 0 bridgehead atoms. The average molecular weight is 500 g/mol. The molecule has 184 valence electrons. The highest BCUT2D eigenvalue weighted by Gasteiger charge is 2.33. The van der Waals surface area contributed by atoms with Gasteiger partial charge in [-0.1, -0.05) is 12.1 Å². The van der Waals surface area contributed by atoms with Gasteiger partial charge in [0.1, 0.15) is 17.3 Å². The smallest absolute Gasteiger partial charge is 0.243 e. The number of carbonyl (C=O) groups is 1. The molecule has 3 aromatic rings. The van der Waals surface area contributed by atoms with E-state index >= 15 is 0 Å². The number of halogens is 1. The Hall–Kier alpha value is -3.50. The second-order valence-electron chi connectivity index (χ2n) is 8.16. The largest absolute Gasteiger partial charge is 0.497 e. The van der Waals surface area contributed by atoms with Crippen molar-refractivity contribution in [3.05, 3.63) is 78.2 Å². The van der Waals surface area contributed by atoms with E-state index in [9.17, 15) is 17.6 Å². The van der Waals surface area contributed by atoms with Gasteiger partial charge in [-0.05, 0) is 54.8 Å². The zero-order chi connectivity index (χ0) is 24.8. The van der Waals surface area contributed by atoms with Crippen molar-refractivity contribution in [1.29, 1.82) is 0 Å². The Morgan fingerprint density at radius 3 is 2.63 bits per heavy atom. The lowest BCUT2D eigenvalue weighted by Crippen LogP contribution is -2.45. The van der Waals surface area contributed by atoms with Crippen LogP contribution in [-0.2, 0) is 21.4 Å². The van der Waals surface area contributed by atoms with Crippen LogP contribution >= 0.6 is 0 Å². The number of hydrogen-bond donors (Lipinski definition) is 1. The highest BCUT2D eigenvalue weighted by Crippen LogP contribution is 2.25. The van der Waals surface area contributed by atoms with Crippen LogP contribution in [0.5, 0.6) is 17.4 Å². The van der Waals surface area contributed by atoms with Crippen molar-refractivity contribution in [2.24, 2.45) is 5.92 Å². The first-order chi connectivity index (χ1) is 16.8. The van der Waals surface area contributed by atoms with Gasteiger partial charge in [0.15, 0.2) is 0 Å². The second-order valence-corrected chi connectivity index (χ2v) is 10.1. The number of hydrogen-bond acceptors (Lipinski definition) is 6. The molecule has 2 aromatic carbocycles. The van der Waals surface area contributed by atoms with Crippen LogP contribution in [0.4, 0.5) is 4.39 Å². The molecule has 4 rings (SSSR count). The highest BCUT2D eigenvalue weighted by molar-refractivity contribution is 7.89. The maximum absolute atomic E-state index is 13.2. The number of rotatable bonds is 8. The Labute approximate surface area is 203 Å². The van der Waals surface area contributed by atoms with Gasteiger partial charge < -0.3 is 14.8 Å². The van der Waals surface area contributed by atoms with Crippen molar-refractivity contribution in [1.82, 2.24) is 14.6 Å². The third-order valence-corrected chi connectivity index (χ3v) is 7.61. The molecule has 1 aliphatic rings. The molecule has 1 N–H and O–H groups in total. The van der Waals surface area contributed by atoms with Gasteiger partial charge in [0, 0.05) is 38.0 Å². The molecule has 35 heavy (non-hydrogen) atoms. The van der Waals surface area contributed by atoms with Crippen LogP contribution in [0.2, 0.25) is 0 Å². The fraction of sp³-hybridized carbons (Fsp3) is 0.280. The summed E-state index contributed by atoms with van der Waals surface area (Å²) in [5.74, 6) is 0.476. The van der Waals surface area contributed by atoms with E-state index in [1.165, 1.54) is 16.4 Å². The highest BCUT2D eigenvalue weighted by atomic mass is 32.2. The summed E-state index contributed by atoms with van der Waals surface area (Å²) < 4.78 is 51.2. The summed E-state index contributed by atoms with van der Waals surface area (Å²) in [6.45, 7) is 0.658. The van der Waals surface area contributed by atoms with E-state index in [-0.39, 0.29) is 23.9 Å². The van der Waals surface area contributed by atoms with Gasteiger partial charge >= 0.3 is 0 Å². The molecule has 0 radical (unpaired) electrons. The van der Waals surface area contributed by atoms with Gasteiger partial charge in [-0.3, -0.25) is 4.79 Å². The van der Waals surface area contributed by atoms with Crippen molar-refractivity contribution in [2.75, 3.05) is 20.2 Å². The zero-order valence-electron chi connectivity index (χ0n) is 19.2. The van der Waals surface area contributed by atoms with Crippen molar-refractivity contribution in [3.8, 4) is 17.4 Å². The van der Waals surface area contributed by atoms with Crippen molar-refractivity contribution >= 4 is 15.9 Å². The molecule has 1 unspecified atom stereocenters. The second kappa shape index (κ2) is 10.8. The fourth-order valence-electron chi connectivity index (χ4n) is 3.83. The summed E-state index contributed by atoms with van der Waals surface area (Å²) in [5.41, 5.74) is 0.781. The molecule has 1 atom stereocenters. The number of piperidine rings is 1. The fourth-order valence-corrected chi connectivity index (χ4v) is 5.35. The minimum atomic E-state index is -3.79. The predicted octanol–water partition coefficient (Wildman–Crippen LogP) is 3.74. The Morgan fingerprint density at radius 1 is 1.14 bits per heavy atom. The van der Waals surface area contributed by atoms with Crippen LogP contribution in [0.3, 0.4) is 0 Å². The quantitative estimate of drug-likeness (QED) is 0.507. The Kier molecular flexibility index (Phi) is 7.62. The molecular formula is C25H26FN3O5S. The molecule has 2 heterocycles. The molecule has 1 amide bonds. The molecule has 1 aliphatic heterocycles. The number of aromatic nitrogens is 1. The number of nitrogens with zero attached hydrogens (tertiary/aromatic N) is 2. The van der Waals surface area contributed by atoms with Crippen LogP contribution in [-0.4, -0.2) is 43.8 Å². The van der Waals surface area contributed by atoms with E-state index in [2.05, 4.69) is 10.3 Å². The van der Waals surface area contributed by atoms with Gasteiger partial charge in [0.05, 0.1) is 17.9 Å². The topological polar surface area (TPSA) is 97.8 Å². The van der Waals surface area contributed by atoms with Crippen LogP contribution < -0.4 is 14.8 Å². The van der Waals surface area contributed by atoms with Gasteiger partial charge in [-0.2, -0.15) is 4.31 Å². The van der Waals surface area contributed by atoms with E-state index in [1.807, 2.05) is 12.1 Å².